The average Bonchev–Trinajstić information content (AvgIpc) is 3.16. The first-order valence-electron chi connectivity index (χ1n) is 10.6. The lowest BCUT2D eigenvalue weighted by atomic mass is 10.2. The van der Waals surface area contributed by atoms with E-state index in [0.717, 1.165) is 16.7 Å². The number of carbonyl (C=O) groups is 1. The third-order valence-electron chi connectivity index (χ3n) is 5.26. The number of ether oxygens (including phenoxy) is 1. The lowest BCUT2D eigenvalue weighted by molar-refractivity contribution is 0.0741. The number of benzene rings is 1. The second-order valence-corrected chi connectivity index (χ2v) is 8.01. The van der Waals surface area contributed by atoms with Crippen molar-refractivity contribution in [3.05, 3.63) is 42.4 Å². The van der Waals surface area contributed by atoms with E-state index in [-0.39, 0.29) is 12.5 Å². The Morgan fingerprint density at radius 3 is 2.68 bits per heavy atom. The first-order valence-corrected chi connectivity index (χ1v) is 10.6. The van der Waals surface area contributed by atoms with Crippen LogP contribution in [0.5, 0.6) is 5.88 Å². The molecule has 164 valence electrons. The van der Waals surface area contributed by atoms with Gasteiger partial charge in [0.1, 0.15) is 12.1 Å². The Hall–Kier alpha value is -3.20. The number of para-hydroxylation sites is 1. The van der Waals surface area contributed by atoms with Gasteiger partial charge in [0.2, 0.25) is 5.88 Å². The second-order valence-electron chi connectivity index (χ2n) is 8.01. The van der Waals surface area contributed by atoms with Crippen LogP contribution in [0.15, 0.2) is 36.7 Å². The number of nitrogens with zero attached hydrogens (tertiary/aromatic N) is 6. The van der Waals surface area contributed by atoms with E-state index in [9.17, 15) is 9.90 Å². The molecule has 1 amide bonds. The molecule has 0 aliphatic carbocycles. The number of carbonyl (C=O) groups excluding carboxylic acids is 1. The highest BCUT2D eigenvalue weighted by Crippen LogP contribution is 2.22. The number of amides is 1. The summed E-state index contributed by atoms with van der Waals surface area (Å²) >= 11 is 0. The summed E-state index contributed by atoms with van der Waals surface area (Å²) in [7, 11) is 0. The lowest BCUT2D eigenvalue weighted by Crippen LogP contribution is -2.49. The Kier molecular flexibility index (Phi) is 6.31. The fourth-order valence-corrected chi connectivity index (χ4v) is 3.67. The minimum Gasteiger partial charge on any atom is -0.477 e. The van der Waals surface area contributed by atoms with E-state index in [2.05, 4.69) is 33.8 Å². The molecule has 1 aliphatic rings. The summed E-state index contributed by atoms with van der Waals surface area (Å²) in [6.07, 6.45) is 1.52. The highest BCUT2D eigenvalue weighted by atomic mass is 16.5. The van der Waals surface area contributed by atoms with Gasteiger partial charge in [0.15, 0.2) is 5.69 Å². The maximum Gasteiger partial charge on any atom is 0.275 e. The topological polar surface area (TPSA) is 96.6 Å². The average molecular weight is 425 g/mol. The Morgan fingerprint density at radius 2 is 1.94 bits per heavy atom. The van der Waals surface area contributed by atoms with Crippen LogP contribution in [0.3, 0.4) is 0 Å². The van der Waals surface area contributed by atoms with Crippen molar-refractivity contribution in [3.63, 3.8) is 0 Å². The van der Waals surface area contributed by atoms with E-state index < -0.39 is 0 Å². The zero-order valence-corrected chi connectivity index (χ0v) is 17.9. The van der Waals surface area contributed by atoms with Gasteiger partial charge in [-0.1, -0.05) is 32.0 Å². The van der Waals surface area contributed by atoms with Gasteiger partial charge in [0.25, 0.3) is 5.91 Å². The summed E-state index contributed by atoms with van der Waals surface area (Å²) in [5.74, 6) is 1.71. The largest absolute Gasteiger partial charge is 0.477 e. The van der Waals surface area contributed by atoms with Gasteiger partial charge in [-0.05, 0) is 12.0 Å². The molecule has 9 heteroatoms. The van der Waals surface area contributed by atoms with Gasteiger partial charge >= 0.3 is 0 Å². The number of aromatic nitrogens is 4. The minimum absolute atomic E-state index is 0.0280. The molecule has 3 aromatic rings. The molecule has 3 heterocycles. The monoisotopic (exact) mass is 424 g/mol. The van der Waals surface area contributed by atoms with Gasteiger partial charge in [-0.2, -0.15) is 5.10 Å². The number of hydrogen-bond donors (Lipinski definition) is 1. The number of aliphatic hydroxyl groups is 1. The number of piperazine rings is 1. The van der Waals surface area contributed by atoms with Crippen LogP contribution in [0.1, 0.15) is 24.3 Å². The molecule has 1 aliphatic heterocycles. The van der Waals surface area contributed by atoms with Crippen molar-refractivity contribution < 1.29 is 14.6 Å². The molecule has 0 radical (unpaired) electrons. The molecule has 9 nitrogen and oxygen atoms in total. The quantitative estimate of drug-likeness (QED) is 0.618. The van der Waals surface area contributed by atoms with E-state index in [1.165, 1.54) is 6.33 Å². The molecule has 1 fully saturated rings. The number of hydrogen-bond acceptors (Lipinski definition) is 7. The second kappa shape index (κ2) is 9.30. The van der Waals surface area contributed by atoms with Crippen molar-refractivity contribution in [1.29, 1.82) is 0 Å². The van der Waals surface area contributed by atoms with E-state index in [1.807, 2.05) is 35.2 Å². The Morgan fingerprint density at radius 1 is 1.16 bits per heavy atom. The summed E-state index contributed by atoms with van der Waals surface area (Å²) in [6.45, 7) is 7.61. The van der Waals surface area contributed by atoms with Crippen LogP contribution in [-0.4, -0.2) is 75.1 Å². The Bertz CT molecular complexity index is 1040. The number of rotatable bonds is 7. The number of fused-ring (bicyclic) bond motifs is 1. The van der Waals surface area contributed by atoms with Gasteiger partial charge < -0.3 is 19.6 Å². The van der Waals surface area contributed by atoms with Crippen LogP contribution in [-0.2, 0) is 6.54 Å². The molecular weight excluding hydrogens is 396 g/mol. The van der Waals surface area contributed by atoms with Gasteiger partial charge in [-0.15, -0.1) is 0 Å². The molecule has 4 rings (SSSR count). The third kappa shape index (κ3) is 4.61. The lowest BCUT2D eigenvalue weighted by Gasteiger charge is -2.35. The molecule has 2 aromatic heterocycles. The smallest absolute Gasteiger partial charge is 0.275 e. The highest BCUT2D eigenvalue weighted by Gasteiger charge is 2.26. The zero-order chi connectivity index (χ0) is 21.8. The molecule has 31 heavy (non-hydrogen) atoms. The van der Waals surface area contributed by atoms with E-state index in [1.54, 1.807) is 4.68 Å². The fourth-order valence-electron chi connectivity index (χ4n) is 3.67. The van der Waals surface area contributed by atoms with Crippen molar-refractivity contribution in [2.45, 2.75) is 20.4 Å². The molecule has 1 N–H and O–H groups in total. The maximum absolute atomic E-state index is 13.2. The normalized spacial score (nSPS) is 14.5. The standard InChI is InChI=1S/C22H28N6O3/c1-16(2)14-31-20-13-19(23-15-24-20)26-7-9-27(10-8-26)22(30)21-17-5-3-4-6-18(17)28(25-21)11-12-29/h3-6,13,15-16,29H,7-12,14H2,1-2H3. The number of aliphatic hydroxyl groups excluding tert-OH is 1. The van der Waals surface area contributed by atoms with Crippen LogP contribution in [0, 0.1) is 5.92 Å². The molecule has 0 spiro atoms. The minimum atomic E-state index is -0.0869. The molecule has 1 saturated heterocycles. The third-order valence-corrected chi connectivity index (χ3v) is 5.26. The van der Waals surface area contributed by atoms with E-state index in [0.29, 0.717) is 56.8 Å². The SMILES string of the molecule is CC(C)COc1cc(N2CCN(C(=O)c3nn(CCO)c4ccccc34)CC2)ncn1. The van der Waals surface area contributed by atoms with Crippen LogP contribution in [0.25, 0.3) is 10.9 Å². The molecule has 1 aromatic carbocycles. The van der Waals surface area contributed by atoms with Crippen LogP contribution < -0.4 is 9.64 Å². The van der Waals surface area contributed by atoms with Crippen molar-refractivity contribution in [2.24, 2.45) is 5.92 Å². The summed E-state index contributed by atoms with van der Waals surface area (Å²) in [5.41, 5.74) is 1.29. The van der Waals surface area contributed by atoms with Gasteiger partial charge in [-0.3, -0.25) is 9.48 Å². The molecule has 0 atom stereocenters. The van der Waals surface area contributed by atoms with Gasteiger partial charge in [0.05, 0.1) is 25.3 Å². The van der Waals surface area contributed by atoms with Crippen molar-refractivity contribution >= 4 is 22.6 Å². The van der Waals surface area contributed by atoms with Gasteiger partial charge in [0, 0.05) is 37.6 Å². The first kappa shape index (κ1) is 21.0. The summed E-state index contributed by atoms with van der Waals surface area (Å²) < 4.78 is 7.40. The molecule has 0 bridgehead atoms. The summed E-state index contributed by atoms with van der Waals surface area (Å²) in [6, 6.07) is 9.48. The van der Waals surface area contributed by atoms with Crippen molar-refractivity contribution in [3.8, 4) is 5.88 Å². The predicted molar refractivity (Wildman–Crippen MR) is 117 cm³/mol. The highest BCUT2D eigenvalue weighted by molar-refractivity contribution is 6.04. The molecular formula is C22H28N6O3. The van der Waals surface area contributed by atoms with E-state index >= 15 is 0 Å². The maximum atomic E-state index is 13.2. The first-order chi connectivity index (χ1) is 15.1. The van der Waals surface area contributed by atoms with Gasteiger partial charge in [-0.25, -0.2) is 9.97 Å². The van der Waals surface area contributed by atoms with Crippen LogP contribution in [0.2, 0.25) is 0 Å². The van der Waals surface area contributed by atoms with Crippen LogP contribution in [0.4, 0.5) is 5.82 Å². The zero-order valence-electron chi connectivity index (χ0n) is 17.9. The summed E-state index contributed by atoms with van der Waals surface area (Å²) in [4.78, 5) is 25.7. The van der Waals surface area contributed by atoms with Crippen molar-refractivity contribution in [2.75, 3.05) is 44.3 Å². The predicted octanol–water partition coefficient (Wildman–Crippen LogP) is 1.82. The fraction of sp³-hybridized carbons (Fsp3) is 0.455. The van der Waals surface area contributed by atoms with Crippen LogP contribution >= 0.6 is 0 Å². The molecule has 0 unspecified atom stereocenters. The number of anilines is 1. The van der Waals surface area contributed by atoms with E-state index in [4.69, 9.17) is 4.74 Å². The Labute approximate surface area is 181 Å². The summed E-state index contributed by atoms with van der Waals surface area (Å²) in [5, 5.41) is 14.6. The molecule has 0 saturated carbocycles. The Balaban J connectivity index is 1.44. The van der Waals surface area contributed by atoms with Crippen molar-refractivity contribution in [1.82, 2.24) is 24.6 Å².